The number of hydrogen-bond acceptors (Lipinski definition) is 6. The zero-order valence-corrected chi connectivity index (χ0v) is 12.8. The molecule has 2 unspecified atom stereocenters. The van der Waals surface area contributed by atoms with Gasteiger partial charge in [0.1, 0.15) is 0 Å². The van der Waals surface area contributed by atoms with Gasteiger partial charge in [0.05, 0.1) is 27.8 Å². The maximum Gasteiger partial charge on any atom is 0.234 e. The number of hydrogen-bond donors (Lipinski definition) is 1. The lowest BCUT2D eigenvalue weighted by Gasteiger charge is -2.13. The molecular weight excluding hydrogens is 330 g/mol. The van der Waals surface area contributed by atoms with Crippen molar-refractivity contribution in [1.82, 2.24) is 15.5 Å². The summed E-state index contributed by atoms with van der Waals surface area (Å²) < 4.78 is 12.0. The zero-order valence-electron chi connectivity index (χ0n) is 10.4. The van der Waals surface area contributed by atoms with Crippen molar-refractivity contribution in [2.45, 2.75) is 18.9 Å². The minimum absolute atomic E-state index is 0.143. The van der Waals surface area contributed by atoms with Crippen molar-refractivity contribution in [3.8, 4) is 10.7 Å². The van der Waals surface area contributed by atoms with E-state index in [0.29, 0.717) is 24.9 Å². The molecule has 2 atom stereocenters. The average Bonchev–Trinajstić information content (AvgIpc) is 3.07. The van der Waals surface area contributed by atoms with Crippen LogP contribution in [0.4, 0.5) is 0 Å². The van der Waals surface area contributed by atoms with E-state index in [9.17, 15) is 0 Å². The predicted octanol–water partition coefficient (Wildman–Crippen LogP) is 2.65. The Bertz CT molecular complexity index is 557. The summed E-state index contributed by atoms with van der Waals surface area (Å²) in [7, 11) is 0. The third-order valence-corrected chi connectivity index (χ3v) is 4.72. The molecule has 0 spiro atoms. The van der Waals surface area contributed by atoms with E-state index in [1.54, 1.807) is 11.3 Å². The van der Waals surface area contributed by atoms with Gasteiger partial charge in [-0.25, -0.2) is 0 Å². The highest BCUT2D eigenvalue weighted by Gasteiger charge is 2.33. The Morgan fingerprint density at radius 3 is 3.11 bits per heavy atom. The van der Waals surface area contributed by atoms with Crippen LogP contribution in [0.25, 0.3) is 10.7 Å². The Balaban J connectivity index is 1.81. The van der Waals surface area contributed by atoms with Crippen molar-refractivity contribution in [3.63, 3.8) is 0 Å². The van der Waals surface area contributed by atoms with Crippen LogP contribution in [0, 0.1) is 0 Å². The monoisotopic (exact) mass is 343 g/mol. The first-order chi connectivity index (χ1) is 9.28. The van der Waals surface area contributed by atoms with E-state index in [1.807, 2.05) is 12.1 Å². The number of thiophene rings is 1. The second-order valence-electron chi connectivity index (χ2n) is 4.37. The minimum Gasteiger partial charge on any atom is -0.379 e. The molecule has 19 heavy (non-hydrogen) atoms. The molecule has 0 aliphatic carbocycles. The lowest BCUT2D eigenvalue weighted by Crippen LogP contribution is -2.34. The van der Waals surface area contributed by atoms with Crippen molar-refractivity contribution in [1.29, 1.82) is 0 Å². The normalized spacial score (nSPS) is 23.1. The summed E-state index contributed by atoms with van der Waals surface area (Å²) in [5, 5.41) is 7.45. The number of ether oxygens (including phenoxy) is 1. The third-order valence-electron chi connectivity index (χ3n) is 3.10. The van der Waals surface area contributed by atoms with Gasteiger partial charge in [0.2, 0.25) is 11.7 Å². The van der Waals surface area contributed by atoms with Crippen LogP contribution in [0.3, 0.4) is 0 Å². The summed E-state index contributed by atoms with van der Waals surface area (Å²) in [6.07, 6.45) is 0. The van der Waals surface area contributed by atoms with Crippen molar-refractivity contribution in [3.05, 3.63) is 21.8 Å². The van der Waals surface area contributed by atoms with Crippen LogP contribution in [0.1, 0.15) is 18.7 Å². The fourth-order valence-corrected chi connectivity index (χ4v) is 3.49. The molecule has 0 bridgehead atoms. The molecule has 5 nitrogen and oxygen atoms in total. The lowest BCUT2D eigenvalue weighted by atomic mass is 10.0. The Labute approximate surface area is 123 Å². The van der Waals surface area contributed by atoms with E-state index < -0.39 is 0 Å². The molecule has 2 aromatic heterocycles. The van der Waals surface area contributed by atoms with E-state index in [-0.39, 0.29) is 12.0 Å². The molecule has 2 aromatic rings. The van der Waals surface area contributed by atoms with Gasteiger partial charge in [0.15, 0.2) is 0 Å². The molecule has 0 aromatic carbocycles. The molecule has 3 heterocycles. The van der Waals surface area contributed by atoms with Crippen LogP contribution in [0.15, 0.2) is 20.4 Å². The quantitative estimate of drug-likeness (QED) is 0.924. The topological polar surface area (TPSA) is 60.2 Å². The second kappa shape index (κ2) is 5.70. The van der Waals surface area contributed by atoms with E-state index in [0.717, 1.165) is 15.2 Å². The Kier molecular flexibility index (Phi) is 3.97. The fraction of sp³-hybridized carbons (Fsp3) is 0.500. The van der Waals surface area contributed by atoms with Gasteiger partial charge in [-0.15, -0.1) is 11.3 Å². The maximum atomic E-state index is 5.50. The number of nitrogens with zero attached hydrogens (tertiary/aromatic N) is 2. The van der Waals surface area contributed by atoms with Crippen molar-refractivity contribution >= 4 is 27.3 Å². The second-order valence-corrected chi connectivity index (χ2v) is 6.83. The van der Waals surface area contributed by atoms with Gasteiger partial charge in [0.25, 0.3) is 0 Å². The summed E-state index contributed by atoms with van der Waals surface area (Å²) in [4.78, 5) is 5.50. The van der Waals surface area contributed by atoms with Gasteiger partial charge >= 0.3 is 0 Å². The summed E-state index contributed by atoms with van der Waals surface area (Å²) in [5.41, 5.74) is 0. The van der Waals surface area contributed by atoms with Gasteiger partial charge in [-0.1, -0.05) is 12.1 Å². The van der Waals surface area contributed by atoms with Crippen LogP contribution in [-0.4, -0.2) is 35.9 Å². The molecule has 0 amide bonds. The van der Waals surface area contributed by atoms with Crippen LogP contribution in [0.2, 0.25) is 0 Å². The van der Waals surface area contributed by atoms with Crippen LogP contribution in [0.5, 0.6) is 0 Å². The number of aromatic nitrogens is 2. The SMILES string of the molecule is CCNC1COCC1c1nc(-c2ccc(Br)s2)no1. The van der Waals surface area contributed by atoms with Gasteiger partial charge in [-0.3, -0.25) is 0 Å². The Morgan fingerprint density at radius 2 is 2.37 bits per heavy atom. The number of nitrogens with one attached hydrogen (secondary N) is 1. The highest BCUT2D eigenvalue weighted by molar-refractivity contribution is 9.11. The van der Waals surface area contributed by atoms with Crippen molar-refractivity contribution in [2.75, 3.05) is 19.8 Å². The molecule has 0 radical (unpaired) electrons. The minimum atomic E-state index is 0.143. The molecule has 1 saturated heterocycles. The first kappa shape index (κ1) is 13.2. The highest BCUT2D eigenvalue weighted by atomic mass is 79.9. The fourth-order valence-electron chi connectivity index (χ4n) is 2.18. The zero-order chi connectivity index (χ0) is 13.2. The Hall–Kier alpha value is -0.760. The standard InChI is InChI=1S/C12H14BrN3O2S/c1-2-14-8-6-17-5-7(8)12-15-11(16-18-12)9-3-4-10(13)19-9/h3-4,7-8,14H,2,5-6H2,1H3. The van der Waals surface area contributed by atoms with E-state index >= 15 is 0 Å². The number of likely N-dealkylation sites (N-methyl/N-ethyl adjacent to an activating group) is 1. The van der Waals surface area contributed by atoms with Crippen molar-refractivity contribution in [2.24, 2.45) is 0 Å². The lowest BCUT2D eigenvalue weighted by molar-refractivity contribution is 0.185. The summed E-state index contributed by atoms with van der Waals surface area (Å²) in [6.45, 7) is 4.31. The first-order valence-corrected chi connectivity index (χ1v) is 7.79. The Morgan fingerprint density at radius 1 is 1.47 bits per heavy atom. The van der Waals surface area contributed by atoms with E-state index in [1.165, 1.54) is 0 Å². The predicted molar refractivity (Wildman–Crippen MR) is 76.3 cm³/mol. The average molecular weight is 344 g/mol. The van der Waals surface area contributed by atoms with Gasteiger partial charge < -0.3 is 14.6 Å². The number of halogens is 1. The molecule has 102 valence electrons. The molecule has 1 aliphatic heterocycles. The molecule has 3 rings (SSSR count). The van der Waals surface area contributed by atoms with E-state index in [4.69, 9.17) is 9.26 Å². The van der Waals surface area contributed by atoms with E-state index in [2.05, 4.69) is 38.3 Å². The molecule has 1 aliphatic rings. The molecular formula is C12H14BrN3O2S. The third kappa shape index (κ3) is 2.74. The maximum absolute atomic E-state index is 5.50. The number of rotatable bonds is 4. The largest absolute Gasteiger partial charge is 0.379 e. The smallest absolute Gasteiger partial charge is 0.234 e. The molecule has 1 N–H and O–H groups in total. The molecule has 1 fully saturated rings. The van der Waals surface area contributed by atoms with Gasteiger partial charge in [0, 0.05) is 6.04 Å². The van der Waals surface area contributed by atoms with Gasteiger partial charge in [-0.05, 0) is 34.6 Å². The van der Waals surface area contributed by atoms with Gasteiger partial charge in [-0.2, -0.15) is 4.98 Å². The first-order valence-electron chi connectivity index (χ1n) is 6.18. The van der Waals surface area contributed by atoms with Crippen molar-refractivity contribution < 1.29 is 9.26 Å². The molecule has 0 saturated carbocycles. The summed E-state index contributed by atoms with van der Waals surface area (Å²) in [5.74, 6) is 1.44. The highest BCUT2D eigenvalue weighted by Crippen LogP contribution is 2.31. The van der Waals surface area contributed by atoms with Crippen LogP contribution in [-0.2, 0) is 4.74 Å². The summed E-state index contributed by atoms with van der Waals surface area (Å²) in [6, 6.07) is 4.22. The van der Waals surface area contributed by atoms with Crippen LogP contribution >= 0.6 is 27.3 Å². The molecule has 7 heteroatoms. The van der Waals surface area contributed by atoms with Crippen LogP contribution < -0.4 is 5.32 Å². The summed E-state index contributed by atoms with van der Waals surface area (Å²) >= 11 is 5.03.